The van der Waals surface area contributed by atoms with Gasteiger partial charge < -0.3 is 10.2 Å². The topological polar surface area (TPSA) is 76.2 Å². The summed E-state index contributed by atoms with van der Waals surface area (Å²) in [6, 6.07) is 0. The number of hydrogen-bond donors (Lipinski definition) is 1. The molecule has 0 bridgehead atoms. The van der Waals surface area contributed by atoms with Crippen molar-refractivity contribution in [3.05, 3.63) is 15.8 Å². The fourth-order valence-electron chi connectivity index (χ4n) is 3.34. The number of aromatic nitrogens is 2. The molecule has 1 aromatic heterocycles. The summed E-state index contributed by atoms with van der Waals surface area (Å²) in [5, 5.41) is 19.0. The van der Waals surface area contributed by atoms with E-state index >= 15 is 0 Å². The smallest absolute Gasteiger partial charge is 0.333 e. The highest BCUT2D eigenvalue weighted by atomic mass is 16.6. The summed E-state index contributed by atoms with van der Waals surface area (Å²) in [6.45, 7) is 8.17. The van der Waals surface area contributed by atoms with Crippen molar-refractivity contribution in [2.24, 2.45) is 11.8 Å². The molecule has 3 rings (SSSR count). The molecule has 104 valence electrons. The molecule has 0 aliphatic carbocycles. The van der Waals surface area contributed by atoms with Gasteiger partial charge in [-0.2, -0.15) is 5.10 Å². The summed E-state index contributed by atoms with van der Waals surface area (Å²) in [5.41, 5.74) is 0.687. The molecule has 1 aromatic rings. The lowest BCUT2D eigenvalue weighted by molar-refractivity contribution is -0.384. The van der Waals surface area contributed by atoms with Crippen molar-refractivity contribution in [3.8, 4) is 0 Å². The molecule has 2 unspecified atom stereocenters. The molecular formula is C12H19N5O2. The van der Waals surface area contributed by atoms with Crippen LogP contribution in [-0.4, -0.2) is 40.9 Å². The molecule has 1 N–H and O–H groups in total. The van der Waals surface area contributed by atoms with Gasteiger partial charge in [-0.15, -0.1) is 0 Å². The van der Waals surface area contributed by atoms with Gasteiger partial charge in [-0.1, -0.05) is 0 Å². The predicted octanol–water partition coefficient (Wildman–Crippen LogP) is 0.775. The summed E-state index contributed by atoms with van der Waals surface area (Å²) < 4.78 is 1.77. The fraction of sp³-hybridized carbons (Fsp3) is 0.750. The Hall–Kier alpha value is -1.63. The molecule has 19 heavy (non-hydrogen) atoms. The molecule has 2 aliphatic heterocycles. The molecule has 0 saturated carbocycles. The summed E-state index contributed by atoms with van der Waals surface area (Å²) in [6.07, 6.45) is 0. The molecule has 7 nitrogen and oxygen atoms in total. The van der Waals surface area contributed by atoms with E-state index in [-0.39, 0.29) is 10.6 Å². The molecule has 0 amide bonds. The van der Waals surface area contributed by atoms with E-state index < -0.39 is 0 Å². The maximum absolute atomic E-state index is 11.3. The molecule has 0 radical (unpaired) electrons. The summed E-state index contributed by atoms with van der Waals surface area (Å²) in [4.78, 5) is 13.1. The van der Waals surface area contributed by atoms with Gasteiger partial charge >= 0.3 is 5.69 Å². The minimum atomic E-state index is -0.295. The van der Waals surface area contributed by atoms with Crippen molar-refractivity contribution in [2.45, 2.75) is 20.4 Å². The van der Waals surface area contributed by atoms with Crippen LogP contribution in [0.2, 0.25) is 0 Å². The first-order valence-electron chi connectivity index (χ1n) is 6.79. The van der Waals surface area contributed by atoms with Crippen LogP contribution in [0.4, 0.5) is 11.5 Å². The highest BCUT2D eigenvalue weighted by Crippen LogP contribution is 2.37. The lowest BCUT2D eigenvalue weighted by Crippen LogP contribution is -2.28. The largest absolute Gasteiger partial charge is 0.350 e. The second-order valence-corrected chi connectivity index (χ2v) is 5.41. The lowest BCUT2D eigenvalue weighted by Gasteiger charge is -2.19. The zero-order chi connectivity index (χ0) is 13.6. The standard InChI is InChI=1S/C12H19N5O2/c1-3-16-12(11(17(18)19)8(2)14-16)15-6-9-4-13-5-10(9)7-15/h9-10,13H,3-7H2,1-2H3. The monoisotopic (exact) mass is 265 g/mol. The van der Waals surface area contributed by atoms with E-state index in [9.17, 15) is 10.1 Å². The van der Waals surface area contributed by atoms with Crippen LogP contribution < -0.4 is 10.2 Å². The minimum absolute atomic E-state index is 0.176. The minimum Gasteiger partial charge on any atom is -0.350 e. The second-order valence-electron chi connectivity index (χ2n) is 5.41. The fourth-order valence-corrected chi connectivity index (χ4v) is 3.34. The third-order valence-electron chi connectivity index (χ3n) is 4.24. The van der Waals surface area contributed by atoms with E-state index in [4.69, 9.17) is 0 Å². The maximum atomic E-state index is 11.3. The molecule has 7 heteroatoms. The van der Waals surface area contributed by atoms with Crippen molar-refractivity contribution in [1.29, 1.82) is 0 Å². The van der Waals surface area contributed by atoms with E-state index in [1.807, 2.05) is 6.92 Å². The number of anilines is 1. The summed E-state index contributed by atoms with van der Waals surface area (Å²) >= 11 is 0. The summed E-state index contributed by atoms with van der Waals surface area (Å²) in [5.74, 6) is 1.92. The van der Waals surface area contributed by atoms with Gasteiger partial charge in [0, 0.05) is 32.7 Å². The zero-order valence-electron chi connectivity index (χ0n) is 11.3. The average Bonchev–Trinajstić information content (AvgIpc) is 2.98. The van der Waals surface area contributed by atoms with E-state index in [0.29, 0.717) is 29.9 Å². The van der Waals surface area contributed by atoms with Crippen LogP contribution in [-0.2, 0) is 6.54 Å². The van der Waals surface area contributed by atoms with Gasteiger partial charge in [0.1, 0.15) is 5.69 Å². The zero-order valence-corrected chi connectivity index (χ0v) is 11.3. The molecule has 0 aromatic carbocycles. The highest BCUT2D eigenvalue weighted by Gasteiger charge is 2.40. The third kappa shape index (κ3) is 1.88. The first kappa shape index (κ1) is 12.4. The van der Waals surface area contributed by atoms with E-state index in [0.717, 1.165) is 26.2 Å². The Labute approximate surface area is 111 Å². The third-order valence-corrected chi connectivity index (χ3v) is 4.24. The number of rotatable bonds is 3. The number of hydrogen-bond acceptors (Lipinski definition) is 5. The Kier molecular flexibility index (Phi) is 2.93. The summed E-state index contributed by atoms with van der Waals surface area (Å²) in [7, 11) is 0. The van der Waals surface area contributed by atoms with Crippen molar-refractivity contribution < 1.29 is 4.92 Å². The molecule has 2 aliphatic rings. The molecule has 0 spiro atoms. The maximum Gasteiger partial charge on any atom is 0.333 e. The molecule has 3 heterocycles. The Morgan fingerprint density at radius 1 is 1.42 bits per heavy atom. The molecule has 2 saturated heterocycles. The quantitative estimate of drug-likeness (QED) is 0.645. The van der Waals surface area contributed by atoms with Gasteiger partial charge in [0.25, 0.3) is 0 Å². The van der Waals surface area contributed by atoms with E-state index in [2.05, 4.69) is 15.3 Å². The van der Waals surface area contributed by atoms with E-state index in [1.54, 1.807) is 11.6 Å². The Morgan fingerprint density at radius 3 is 2.58 bits per heavy atom. The van der Waals surface area contributed by atoms with Crippen molar-refractivity contribution in [2.75, 3.05) is 31.1 Å². The van der Waals surface area contributed by atoms with Crippen LogP contribution in [0.25, 0.3) is 0 Å². The van der Waals surface area contributed by atoms with Gasteiger partial charge in [-0.3, -0.25) is 10.1 Å². The molecule has 2 atom stereocenters. The van der Waals surface area contributed by atoms with Gasteiger partial charge in [-0.05, 0) is 25.7 Å². The number of nitrogens with zero attached hydrogens (tertiary/aromatic N) is 4. The SMILES string of the molecule is CCn1nc(C)c([N+](=O)[O-])c1N1CC2CNCC2C1. The molecular weight excluding hydrogens is 246 g/mol. The van der Waals surface area contributed by atoms with Crippen LogP contribution >= 0.6 is 0 Å². The number of fused-ring (bicyclic) bond motifs is 1. The van der Waals surface area contributed by atoms with Crippen LogP contribution in [0.5, 0.6) is 0 Å². The van der Waals surface area contributed by atoms with Crippen molar-refractivity contribution in [1.82, 2.24) is 15.1 Å². The highest BCUT2D eigenvalue weighted by molar-refractivity contribution is 5.62. The number of nitrogens with one attached hydrogen (secondary N) is 1. The van der Waals surface area contributed by atoms with Crippen LogP contribution in [0, 0.1) is 28.9 Å². The van der Waals surface area contributed by atoms with Crippen LogP contribution in [0.1, 0.15) is 12.6 Å². The van der Waals surface area contributed by atoms with Crippen molar-refractivity contribution >= 4 is 11.5 Å². The number of nitro groups is 1. The predicted molar refractivity (Wildman–Crippen MR) is 71.4 cm³/mol. The second kappa shape index (κ2) is 4.48. The first-order valence-corrected chi connectivity index (χ1v) is 6.79. The van der Waals surface area contributed by atoms with Gasteiger partial charge in [0.2, 0.25) is 5.82 Å². The first-order chi connectivity index (χ1) is 9.11. The van der Waals surface area contributed by atoms with Gasteiger partial charge in [-0.25, -0.2) is 4.68 Å². The van der Waals surface area contributed by atoms with Gasteiger partial charge in [0.15, 0.2) is 0 Å². The van der Waals surface area contributed by atoms with Crippen LogP contribution in [0.15, 0.2) is 0 Å². The number of aryl methyl sites for hydroxylation is 2. The Balaban J connectivity index is 1.97. The van der Waals surface area contributed by atoms with Crippen LogP contribution in [0.3, 0.4) is 0 Å². The Bertz CT molecular complexity index is 500. The van der Waals surface area contributed by atoms with Crippen molar-refractivity contribution in [3.63, 3.8) is 0 Å². The lowest BCUT2D eigenvalue weighted by atomic mass is 10.0. The van der Waals surface area contributed by atoms with E-state index in [1.165, 1.54) is 0 Å². The normalized spacial score (nSPS) is 25.9. The van der Waals surface area contributed by atoms with Gasteiger partial charge in [0.05, 0.1) is 4.92 Å². The average molecular weight is 265 g/mol. The molecule has 2 fully saturated rings. The Morgan fingerprint density at radius 2 is 2.05 bits per heavy atom.